The number of benzene rings is 1. The van der Waals surface area contributed by atoms with E-state index in [0.717, 1.165) is 11.3 Å². The lowest BCUT2D eigenvalue weighted by Gasteiger charge is -2.22. The maximum absolute atomic E-state index is 12.6. The Balaban J connectivity index is 2.18. The van der Waals surface area contributed by atoms with Crippen LogP contribution in [0, 0.1) is 13.8 Å². The van der Waals surface area contributed by atoms with E-state index in [0.29, 0.717) is 46.5 Å². The van der Waals surface area contributed by atoms with Gasteiger partial charge in [0.15, 0.2) is 5.82 Å². The van der Waals surface area contributed by atoms with Crippen LogP contribution in [0.3, 0.4) is 0 Å². The molecule has 1 aromatic carbocycles. The average Bonchev–Trinajstić information content (AvgIpc) is 3.11. The van der Waals surface area contributed by atoms with Crippen molar-refractivity contribution in [3.05, 3.63) is 53.0 Å². The number of aryl methyl sites for hydroxylation is 2. The molecule has 0 bridgehead atoms. The van der Waals surface area contributed by atoms with E-state index >= 15 is 0 Å². The number of anilines is 2. The lowest BCUT2D eigenvalue weighted by molar-refractivity contribution is 0.0946. The Hall–Kier alpha value is -3.95. The van der Waals surface area contributed by atoms with Gasteiger partial charge in [0, 0.05) is 24.8 Å². The molecule has 0 atom stereocenters. The highest BCUT2D eigenvalue weighted by molar-refractivity contribution is 6.04. The Bertz CT molecular complexity index is 1190. The first kappa shape index (κ1) is 22.7. The van der Waals surface area contributed by atoms with Crippen LogP contribution in [-0.2, 0) is 0 Å². The normalized spacial score (nSPS) is 10.8. The van der Waals surface area contributed by atoms with Crippen molar-refractivity contribution in [2.75, 3.05) is 18.0 Å². The molecule has 0 spiro atoms. The number of aromatic nitrogens is 3. The first-order chi connectivity index (χ1) is 15.3. The first-order valence-corrected chi connectivity index (χ1v) is 10.3. The summed E-state index contributed by atoms with van der Waals surface area (Å²) in [7, 11) is 0. The molecule has 10 heteroatoms. The molecule has 0 radical (unpaired) electrons. The van der Waals surface area contributed by atoms with Gasteiger partial charge >= 0.3 is 6.09 Å². The quantitative estimate of drug-likeness (QED) is 0.520. The Kier molecular flexibility index (Phi) is 6.72. The highest BCUT2D eigenvalue weighted by atomic mass is 16.4. The van der Waals surface area contributed by atoms with Gasteiger partial charge in [-0.25, -0.2) is 19.2 Å². The van der Waals surface area contributed by atoms with E-state index < -0.39 is 6.09 Å². The van der Waals surface area contributed by atoms with Gasteiger partial charge in [-0.1, -0.05) is 13.0 Å². The van der Waals surface area contributed by atoms with E-state index in [9.17, 15) is 19.5 Å². The Morgan fingerprint density at radius 2 is 1.88 bits per heavy atom. The van der Waals surface area contributed by atoms with Gasteiger partial charge in [-0.2, -0.15) is 5.10 Å². The van der Waals surface area contributed by atoms with Gasteiger partial charge in [0.05, 0.1) is 11.3 Å². The zero-order valence-electron chi connectivity index (χ0n) is 18.5. The van der Waals surface area contributed by atoms with Crippen LogP contribution in [0.15, 0.2) is 30.7 Å². The SMILES string of the molecule is CCCNC(=O)c1cn2ncnc(N(C(=O)O)c3cc(C(=O)NCC)ccc3C)c2c1C. The van der Waals surface area contributed by atoms with Crippen LogP contribution in [0.1, 0.15) is 52.1 Å². The van der Waals surface area contributed by atoms with Crippen LogP contribution in [0.25, 0.3) is 5.52 Å². The molecule has 32 heavy (non-hydrogen) atoms. The number of hydrogen-bond donors (Lipinski definition) is 3. The molecule has 0 aliphatic heterocycles. The number of nitrogens with zero attached hydrogens (tertiary/aromatic N) is 4. The molecular weight excluding hydrogens is 412 g/mol. The lowest BCUT2D eigenvalue weighted by Crippen LogP contribution is -2.28. The third kappa shape index (κ3) is 4.25. The Morgan fingerprint density at radius 3 is 2.53 bits per heavy atom. The second-order valence-corrected chi connectivity index (χ2v) is 7.28. The number of nitrogens with one attached hydrogen (secondary N) is 2. The molecule has 3 amide bonds. The van der Waals surface area contributed by atoms with Crippen molar-refractivity contribution in [1.29, 1.82) is 0 Å². The van der Waals surface area contributed by atoms with Crippen LogP contribution in [0.2, 0.25) is 0 Å². The molecule has 0 aliphatic carbocycles. The van der Waals surface area contributed by atoms with Gasteiger partial charge in [-0.05, 0) is 50.5 Å². The van der Waals surface area contributed by atoms with Crippen molar-refractivity contribution in [2.24, 2.45) is 0 Å². The topological polar surface area (TPSA) is 129 Å². The van der Waals surface area contributed by atoms with Gasteiger partial charge < -0.3 is 15.7 Å². The Labute approximate surface area is 185 Å². The number of amides is 3. The van der Waals surface area contributed by atoms with Crippen molar-refractivity contribution >= 4 is 34.9 Å². The fourth-order valence-electron chi connectivity index (χ4n) is 3.43. The summed E-state index contributed by atoms with van der Waals surface area (Å²) in [5.74, 6) is -0.478. The number of fused-ring (bicyclic) bond motifs is 1. The second kappa shape index (κ2) is 9.46. The number of carbonyl (C=O) groups excluding carboxylic acids is 2. The van der Waals surface area contributed by atoms with E-state index in [1.165, 1.54) is 16.9 Å². The van der Waals surface area contributed by atoms with Gasteiger partial charge in [0.25, 0.3) is 11.8 Å². The molecule has 168 valence electrons. The summed E-state index contributed by atoms with van der Waals surface area (Å²) in [6, 6.07) is 4.83. The number of carboxylic acid groups (broad SMARTS) is 1. The van der Waals surface area contributed by atoms with Gasteiger partial charge in [0.2, 0.25) is 0 Å². The number of hydrogen-bond acceptors (Lipinski definition) is 5. The molecule has 2 aromatic heterocycles. The third-order valence-corrected chi connectivity index (χ3v) is 5.04. The second-order valence-electron chi connectivity index (χ2n) is 7.28. The third-order valence-electron chi connectivity index (χ3n) is 5.04. The predicted octanol–water partition coefficient (Wildman–Crippen LogP) is 3.05. The average molecular weight is 438 g/mol. The highest BCUT2D eigenvalue weighted by Gasteiger charge is 2.27. The molecule has 0 saturated heterocycles. The van der Waals surface area contributed by atoms with Gasteiger partial charge in [0.1, 0.15) is 11.8 Å². The summed E-state index contributed by atoms with van der Waals surface area (Å²) in [6.07, 6.45) is 2.30. The molecular formula is C22H26N6O4. The molecule has 10 nitrogen and oxygen atoms in total. The van der Waals surface area contributed by atoms with E-state index in [1.54, 1.807) is 39.1 Å². The molecule has 3 N–H and O–H groups in total. The van der Waals surface area contributed by atoms with Crippen LogP contribution < -0.4 is 15.5 Å². The zero-order valence-corrected chi connectivity index (χ0v) is 18.5. The molecule has 0 fully saturated rings. The molecule has 0 saturated carbocycles. The van der Waals surface area contributed by atoms with Crippen molar-refractivity contribution < 1.29 is 19.5 Å². The lowest BCUT2D eigenvalue weighted by atomic mass is 10.1. The summed E-state index contributed by atoms with van der Waals surface area (Å²) in [5, 5.41) is 19.8. The summed E-state index contributed by atoms with van der Waals surface area (Å²) < 4.78 is 1.44. The first-order valence-electron chi connectivity index (χ1n) is 10.3. The number of carbonyl (C=O) groups is 3. The minimum atomic E-state index is -1.28. The van der Waals surface area contributed by atoms with Crippen molar-refractivity contribution in [3.8, 4) is 0 Å². The fraction of sp³-hybridized carbons (Fsp3) is 0.318. The predicted molar refractivity (Wildman–Crippen MR) is 120 cm³/mol. The molecule has 3 aromatic rings. The minimum Gasteiger partial charge on any atom is -0.464 e. The maximum Gasteiger partial charge on any atom is 0.417 e. The minimum absolute atomic E-state index is 0.0932. The van der Waals surface area contributed by atoms with E-state index in [1.807, 2.05) is 6.92 Å². The van der Waals surface area contributed by atoms with Gasteiger partial charge in [-0.3, -0.25) is 9.59 Å². The maximum atomic E-state index is 12.6. The van der Waals surface area contributed by atoms with E-state index in [4.69, 9.17) is 0 Å². The van der Waals surface area contributed by atoms with E-state index in [-0.39, 0.29) is 17.6 Å². The molecule has 0 unspecified atom stereocenters. The summed E-state index contributed by atoms with van der Waals surface area (Å²) in [5.41, 5.74) is 2.59. The Morgan fingerprint density at radius 1 is 1.12 bits per heavy atom. The highest BCUT2D eigenvalue weighted by Crippen LogP contribution is 2.33. The summed E-state index contributed by atoms with van der Waals surface area (Å²) >= 11 is 0. The zero-order chi connectivity index (χ0) is 23.4. The molecule has 2 heterocycles. The van der Waals surface area contributed by atoms with Crippen LogP contribution in [0.5, 0.6) is 0 Å². The van der Waals surface area contributed by atoms with Gasteiger partial charge in [-0.15, -0.1) is 0 Å². The van der Waals surface area contributed by atoms with Crippen molar-refractivity contribution in [3.63, 3.8) is 0 Å². The fourth-order valence-corrected chi connectivity index (χ4v) is 3.43. The smallest absolute Gasteiger partial charge is 0.417 e. The standard InChI is InChI=1S/C22H26N6O4/c1-5-9-24-21(30)16-11-27-18(14(16)4)19(25-12-26-27)28(22(31)32)17-10-15(8-7-13(17)3)20(29)23-6-2/h7-8,10-12H,5-6,9H2,1-4H3,(H,23,29)(H,24,30)(H,31,32). The van der Waals surface area contributed by atoms with Crippen molar-refractivity contribution in [2.45, 2.75) is 34.1 Å². The molecule has 0 aliphatic rings. The molecule has 3 rings (SSSR count). The van der Waals surface area contributed by atoms with Crippen LogP contribution in [0.4, 0.5) is 16.3 Å². The van der Waals surface area contributed by atoms with E-state index in [2.05, 4.69) is 20.7 Å². The summed E-state index contributed by atoms with van der Waals surface area (Å²) in [6.45, 7) is 8.20. The van der Waals surface area contributed by atoms with Crippen LogP contribution >= 0.6 is 0 Å². The van der Waals surface area contributed by atoms with Crippen LogP contribution in [-0.4, -0.2) is 50.7 Å². The summed E-state index contributed by atoms with van der Waals surface area (Å²) in [4.78, 5) is 42.5. The largest absolute Gasteiger partial charge is 0.464 e. The number of rotatable bonds is 7. The van der Waals surface area contributed by atoms with Crippen molar-refractivity contribution in [1.82, 2.24) is 25.2 Å². The monoisotopic (exact) mass is 438 g/mol.